The van der Waals surface area contributed by atoms with Gasteiger partial charge in [-0.3, -0.25) is 0 Å². The van der Waals surface area contributed by atoms with E-state index in [4.69, 9.17) is 11.6 Å². The molecular formula is C13H17BrClN. The van der Waals surface area contributed by atoms with Crippen LogP contribution in [0.25, 0.3) is 0 Å². The molecule has 1 aliphatic rings. The third kappa shape index (κ3) is 2.92. The molecule has 3 heteroatoms. The van der Waals surface area contributed by atoms with Crippen molar-refractivity contribution in [3.8, 4) is 0 Å². The van der Waals surface area contributed by atoms with E-state index < -0.39 is 0 Å². The van der Waals surface area contributed by atoms with Crippen molar-refractivity contribution in [1.29, 1.82) is 0 Å². The molecule has 0 bridgehead atoms. The van der Waals surface area contributed by atoms with Crippen molar-refractivity contribution < 1.29 is 0 Å². The Hall–Kier alpha value is -0.210. The predicted molar refractivity (Wildman–Crippen MR) is 74.3 cm³/mol. The first-order valence-corrected chi connectivity index (χ1v) is 7.16. The molecule has 2 rings (SSSR count). The molecule has 0 spiro atoms. The zero-order valence-electron chi connectivity index (χ0n) is 9.55. The summed E-state index contributed by atoms with van der Waals surface area (Å²) in [5.41, 5.74) is 2.46. The highest BCUT2D eigenvalue weighted by Gasteiger charge is 2.24. The van der Waals surface area contributed by atoms with Gasteiger partial charge in [0, 0.05) is 23.4 Å². The number of benzene rings is 1. The van der Waals surface area contributed by atoms with Crippen LogP contribution in [0, 0.1) is 5.92 Å². The monoisotopic (exact) mass is 301 g/mol. The van der Waals surface area contributed by atoms with Crippen LogP contribution in [-0.2, 0) is 5.88 Å². The first kappa shape index (κ1) is 12.3. The molecule has 0 atom stereocenters. The molecule has 0 amide bonds. The molecule has 0 saturated heterocycles. The van der Waals surface area contributed by atoms with Crippen molar-refractivity contribution in [2.24, 2.45) is 5.92 Å². The molecule has 0 heterocycles. The van der Waals surface area contributed by atoms with Gasteiger partial charge < -0.3 is 4.90 Å². The van der Waals surface area contributed by atoms with Crippen molar-refractivity contribution in [3.05, 3.63) is 28.2 Å². The molecular weight excluding hydrogens is 286 g/mol. The number of hydrogen-bond donors (Lipinski definition) is 0. The average Bonchev–Trinajstić information content (AvgIpc) is 3.10. The summed E-state index contributed by atoms with van der Waals surface area (Å²) in [6, 6.07) is 6.41. The summed E-state index contributed by atoms with van der Waals surface area (Å²) in [4.78, 5) is 2.44. The van der Waals surface area contributed by atoms with Crippen LogP contribution in [0.1, 0.15) is 25.3 Å². The second kappa shape index (κ2) is 5.42. The summed E-state index contributed by atoms with van der Waals surface area (Å²) < 4.78 is 1.16. The van der Waals surface area contributed by atoms with Gasteiger partial charge in [0.2, 0.25) is 0 Å². The molecule has 16 heavy (non-hydrogen) atoms. The van der Waals surface area contributed by atoms with E-state index in [0.717, 1.165) is 16.9 Å². The van der Waals surface area contributed by atoms with E-state index in [9.17, 15) is 0 Å². The number of alkyl halides is 1. The molecule has 1 nitrogen and oxygen atoms in total. The number of rotatable bonds is 5. The first-order valence-electron chi connectivity index (χ1n) is 5.84. The number of halogens is 2. The van der Waals surface area contributed by atoms with Crippen LogP contribution in [0.2, 0.25) is 0 Å². The van der Waals surface area contributed by atoms with E-state index in [1.54, 1.807) is 0 Å². The quantitative estimate of drug-likeness (QED) is 0.728. The van der Waals surface area contributed by atoms with Gasteiger partial charge in [-0.05, 0) is 59.3 Å². The molecule has 1 fully saturated rings. The second-order valence-corrected chi connectivity index (χ2v) is 5.52. The number of anilines is 1. The Bertz CT molecular complexity index is 363. The molecule has 1 saturated carbocycles. The topological polar surface area (TPSA) is 3.24 Å². The van der Waals surface area contributed by atoms with Gasteiger partial charge in [-0.2, -0.15) is 0 Å². The van der Waals surface area contributed by atoms with Crippen molar-refractivity contribution in [2.45, 2.75) is 25.6 Å². The third-order valence-electron chi connectivity index (χ3n) is 3.06. The van der Waals surface area contributed by atoms with Gasteiger partial charge in [0.05, 0.1) is 5.69 Å². The van der Waals surface area contributed by atoms with Crippen molar-refractivity contribution >= 4 is 33.2 Å². The largest absolute Gasteiger partial charge is 0.371 e. The summed E-state index contributed by atoms with van der Waals surface area (Å²) in [5.74, 6) is 1.49. The summed E-state index contributed by atoms with van der Waals surface area (Å²) in [6.45, 7) is 4.47. The summed E-state index contributed by atoms with van der Waals surface area (Å²) in [5, 5.41) is 0. The lowest BCUT2D eigenvalue weighted by atomic mass is 10.2. The molecule has 0 aliphatic heterocycles. The number of nitrogens with zero attached hydrogens (tertiary/aromatic N) is 1. The normalized spacial score (nSPS) is 15.2. The minimum Gasteiger partial charge on any atom is -0.371 e. The summed E-state index contributed by atoms with van der Waals surface area (Å²) in [6.07, 6.45) is 2.79. The van der Waals surface area contributed by atoms with E-state index in [0.29, 0.717) is 5.88 Å². The Balaban J connectivity index is 2.15. The first-order chi connectivity index (χ1) is 7.74. The Labute approximate surface area is 111 Å². The molecule has 0 aromatic heterocycles. The molecule has 0 unspecified atom stereocenters. The maximum absolute atomic E-state index is 5.82. The van der Waals surface area contributed by atoms with E-state index in [1.165, 1.54) is 30.6 Å². The van der Waals surface area contributed by atoms with Crippen molar-refractivity contribution in [3.63, 3.8) is 0 Å². The van der Waals surface area contributed by atoms with E-state index in [1.807, 2.05) is 0 Å². The molecule has 88 valence electrons. The standard InChI is InChI=1S/C13H17BrClN/c1-2-16(9-10-3-4-10)13-6-5-11(8-15)7-12(13)14/h5-7,10H,2-4,8-9H2,1H3. The zero-order chi connectivity index (χ0) is 11.5. The third-order valence-corrected chi connectivity index (χ3v) is 4.01. The Morgan fingerprint density at radius 3 is 2.69 bits per heavy atom. The van der Waals surface area contributed by atoms with Gasteiger partial charge in [0.15, 0.2) is 0 Å². The fourth-order valence-electron chi connectivity index (χ4n) is 1.90. The van der Waals surface area contributed by atoms with Gasteiger partial charge in [-0.15, -0.1) is 11.6 Å². The highest BCUT2D eigenvalue weighted by molar-refractivity contribution is 9.10. The van der Waals surface area contributed by atoms with Gasteiger partial charge in [0.25, 0.3) is 0 Å². The average molecular weight is 303 g/mol. The highest BCUT2D eigenvalue weighted by atomic mass is 79.9. The predicted octanol–water partition coefficient (Wildman–Crippen LogP) is 4.42. The van der Waals surface area contributed by atoms with E-state index in [-0.39, 0.29) is 0 Å². The van der Waals surface area contributed by atoms with Crippen LogP contribution in [0.4, 0.5) is 5.69 Å². The lowest BCUT2D eigenvalue weighted by Crippen LogP contribution is -2.25. The van der Waals surface area contributed by atoms with Crippen molar-refractivity contribution in [2.75, 3.05) is 18.0 Å². The molecule has 1 aromatic rings. The zero-order valence-corrected chi connectivity index (χ0v) is 11.9. The van der Waals surface area contributed by atoms with E-state index in [2.05, 4.69) is 46.0 Å². The van der Waals surface area contributed by atoms with Gasteiger partial charge in [-0.1, -0.05) is 6.07 Å². The maximum Gasteiger partial charge on any atom is 0.0510 e. The van der Waals surface area contributed by atoms with Crippen LogP contribution in [-0.4, -0.2) is 13.1 Å². The molecule has 1 aliphatic carbocycles. The van der Waals surface area contributed by atoms with Crippen LogP contribution in [0.3, 0.4) is 0 Å². The molecule has 0 radical (unpaired) electrons. The van der Waals surface area contributed by atoms with Crippen LogP contribution < -0.4 is 4.90 Å². The SMILES string of the molecule is CCN(CC1CC1)c1ccc(CCl)cc1Br. The number of hydrogen-bond acceptors (Lipinski definition) is 1. The Morgan fingerprint density at radius 1 is 1.44 bits per heavy atom. The van der Waals surface area contributed by atoms with E-state index >= 15 is 0 Å². The Morgan fingerprint density at radius 2 is 2.19 bits per heavy atom. The summed E-state index contributed by atoms with van der Waals surface area (Å²) >= 11 is 9.46. The smallest absolute Gasteiger partial charge is 0.0510 e. The minimum atomic E-state index is 0.577. The molecule has 0 N–H and O–H groups in total. The van der Waals surface area contributed by atoms with Gasteiger partial charge >= 0.3 is 0 Å². The Kier molecular flexibility index (Phi) is 4.15. The van der Waals surface area contributed by atoms with Crippen LogP contribution in [0.5, 0.6) is 0 Å². The lowest BCUT2D eigenvalue weighted by Gasteiger charge is -2.24. The second-order valence-electron chi connectivity index (χ2n) is 4.40. The maximum atomic E-state index is 5.82. The lowest BCUT2D eigenvalue weighted by molar-refractivity contribution is 0.740. The highest BCUT2D eigenvalue weighted by Crippen LogP contribution is 2.34. The fraction of sp³-hybridized carbons (Fsp3) is 0.538. The van der Waals surface area contributed by atoms with Crippen LogP contribution in [0.15, 0.2) is 22.7 Å². The van der Waals surface area contributed by atoms with Crippen LogP contribution >= 0.6 is 27.5 Å². The van der Waals surface area contributed by atoms with Gasteiger partial charge in [-0.25, -0.2) is 0 Å². The van der Waals surface area contributed by atoms with Gasteiger partial charge in [0.1, 0.15) is 0 Å². The minimum absolute atomic E-state index is 0.577. The summed E-state index contributed by atoms with van der Waals surface area (Å²) in [7, 11) is 0. The van der Waals surface area contributed by atoms with Crippen molar-refractivity contribution in [1.82, 2.24) is 0 Å². The fourth-order valence-corrected chi connectivity index (χ4v) is 2.74. The molecule has 1 aromatic carbocycles.